The summed E-state index contributed by atoms with van der Waals surface area (Å²) in [6.07, 6.45) is 1.58. The first kappa shape index (κ1) is 5.30. The molecule has 0 unspecified atom stereocenters. The van der Waals surface area contributed by atoms with Crippen molar-refractivity contribution in [2.24, 2.45) is 0 Å². The summed E-state index contributed by atoms with van der Waals surface area (Å²) in [5.74, 6) is 0.863. The summed E-state index contributed by atoms with van der Waals surface area (Å²) >= 11 is 0. The van der Waals surface area contributed by atoms with Gasteiger partial charge in [-0.15, -0.1) is 0 Å². The standard InChI is InChI=1S/C6H6N4/c7-3-5-4-9-10-2-1-8-6(5)10/h4,8H,1-2H2. The number of nitriles is 1. The summed E-state index contributed by atoms with van der Waals surface area (Å²) in [6, 6.07) is 2.06. The Labute approximate surface area is 58.1 Å². The van der Waals surface area contributed by atoms with Gasteiger partial charge in [-0.3, -0.25) is 0 Å². The van der Waals surface area contributed by atoms with Gasteiger partial charge in [0.2, 0.25) is 0 Å². The molecule has 10 heavy (non-hydrogen) atoms. The third-order valence-electron chi connectivity index (χ3n) is 1.58. The van der Waals surface area contributed by atoms with E-state index in [1.165, 1.54) is 0 Å². The Kier molecular flexibility index (Phi) is 0.921. The smallest absolute Gasteiger partial charge is 0.142 e. The van der Waals surface area contributed by atoms with Crippen LogP contribution in [-0.4, -0.2) is 16.3 Å². The molecule has 0 fully saturated rings. The van der Waals surface area contributed by atoms with Crippen LogP contribution in [-0.2, 0) is 6.54 Å². The van der Waals surface area contributed by atoms with Crippen molar-refractivity contribution >= 4 is 5.82 Å². The van der Waals surface area contributed by atoms with Gasteiger partial charge < -0.3 is 5.32 Å². The molecule has 2 rings (SSSR count). The average Bonchev–Trinajstić information content (AvgIpc) is 2.44. The zero-order chi connectivity index (χ0) is 6.97. The van der Waals surface area contributed by atoms with Crippen LogP contribution in [0.25, 0.3) is 0 Å². The lowest BCUT2D eigenvalue weighted by molar-refractivity contribution is 0.696. The van der Waals surface area contributed by atoms with Crippen LogP contribution in [0.5, 0.6) is 0 Å². The molecule has 4 nitrogen and oxygen atoms in total. The highest BCUT2D eigenvalue weighted by Crippen LogP contribution is 2.17. The van der Waals surface area contributed by atoms with Crippen LogP contribution in [0.2, 0.25) is 0 Å². The molecule has 1 aliphatic heterocycles. The lowest BCUT2D eigenvalue weighted by Gasteiger charge is -1.89. The Morgan fingerprint density at radius 2 is 2.70 bits per heavy atom. The number of anilines is 1. The highest BCUT2D eigenvalue weighted by atomic mass is 15.4. The minimum atomic E-state index is 0.637. The topological polar surface area (TPSA) is 53.6 Å². The summed E-state index contributed by atoms with van der Waals surface area (Å²) < 4.78 is 1.80. The van der Waals surface area contributed by atoms with Gasteiger partial charge in [0.05, 0.1) is 12.7 Å². The van der Waals surface area contributed by atoms with Crippen LogP contribution in [0.1, 0.15) is 5.56 Å². The fraction of sp³-hybridized carbons (Fsp3) is 0.333. The Bertz CT molecular complexity index is 293. The van der Waals surface area contributed by atoms with Crippen LogP contribution >= 0.6 is 0 Å². The largest absolute Gasteiger partial charge is 0.367 e. The van der Waals surface area contributed by atoms with E-state index in [2.05, 4.69) is 16.5 Å². The van der Waals surface area contributed by atoms with E-state index in [0.717, 1.165) is 18.9 Å². The SMILES string of the molecule is N#Cc1cnn2c1NCC2. The highest BCUT2D eigenvalue weighted by molar-refractivity contribution is 5.52. The van der Waals surface area contributed by atoms with E-state index in [0.29, 0.717) is 5.56 Å². The van der Waals surface area contributed by atoms with Crippen molar-refractivity contribution in [2.75, 3.05) is 11.9 Å². The number of hydrogen-bond donors (Lipinski definition) is 1. The zero-order valence-corrected chi connectivity index (χ0v) is 5.33. The maximum Gasteiger partial charge on any atom is 0.142 e. The Hall–Kier alpha value is -1.50. The van der Waals surface area contributed by atoms with E-state index in [1.54, 1.807) is 10.9 Å². The van der Waals surface area contributed by atoms with E-state index in [9.17, 15) is 0 Å². The summed E-state index contributed by atoms with van der Waals surface area (Å²) in [4.78, 5) is 0. The van der Waals surface area contributed by atoms with Crippen LogP contribution in [0.4, 0.5) is 5.82 Å². The molecule has 0 amide bonds. The lowest BCUT2D eigenvalue weighted by Crippen LogP contribution is -1.95. The molecular formula is C6H6N4. The first-order chi connectivity index (χ1) is 4.92. The van der Waals surface area contributed by atoms with E-state index in [-0.39, 0.29) is 0 Å². The summed E-state index contributed by atoms with van der Waals surface area (Å²) in [5.41, 5.74) is 0.637. The summed E-state index contributed by atoms with van der Waals surface area (Å²) in [6.45, 7) is 1.76. The van der Waals surface area contributed by atoms with Crippen LogP contribution in [0.3, 0.4) is 0 Å². The van der Waals surface area contributed by atoms with E-state index in [4.69, 9.17) is 5.26 Å². The number of hydrogen-bond acceptors (Lipinski definition) is 3. The molecule has 1 aliphatic rings. The van der Waals surface area contributed by atoms with Crippen LogP contribution in [0, 0.1) is 11.3 Å². The fourth-order valence-electron chi connectivity index (χ4n) is 1.10. The molecular weight excluding hydrogens is 128 g/mol. The number of aromatic nitrogens is 2. The molecule has 1 N–H and O–H groups in total. The van der Waals surface area contributed by atoms with Gasteiger partial charge in [-0.05, 0) is 0 Å². The Balaban J connectivity index is 2.57. The molecule has 2 heterocycles. The molecule has 0 atom stereocenters. The first-order valence-electron chi connectivity index (χ1n) is 3.11. The number of nitrogens with one attached hydrogen (secondary N) is 1. The second kappa shape index (κ2) is 1.74. The average molecular weight is 134 g/mol. The van der Waals surface area contributed by atoms with Crippen molar-refractivity contribution in [3.63, 3.8) is 0 Å². The third kappa shape index (κ3) is 0.517. The second-order valence-electron chi connectivity index (χ2n) is 2.17. The molecule has 0 spiro atoms. The van der Waals surface area contributed by atoms with Crippen molar-refractivity contribution in [3.8, 4) is 6.07 Å². The fourth-order valence-corrected chi connectivity index (χ4v) is 1.10. The summed E-state index contributed by atoms with van der Waals surface area (Å²) in [5, 5.41) is 15.6. The Morgan fingerprint density at radius 1 is 1.80 bits per heavy atom. The molecule has 1 aromatic rings. The van der Waals surface area contributed by atoms with Crippen LogP contribution in [0.15, 0.2) is 6.20 Å². The van der Waals surface area contributed by atoms with E-state index < -0.39 is 0 Å². The van der Waals surface area contributed by atoms with E-state index in [1.807, 2.05) is 0 Å². The van der Waals surface area contributed by atoms with Crippen molar-refractivity contribution in [3.05, 3.63) is 11.8 Å². The van der Waals surface area contributed by atoms with Crippen molar-refractivity contribution in [2.45, 2.75) is 6.54 Å². The van der Waals surface area contributed by atoms with Crippen molar-refractivity contribution < 1.29 is 0 Å². The van der Waals surface area contributed by atoms with Gasteiger partial charge in [0, 0.05) is 6.54 Å². The normalized spacial score (nSPS) is 13.9. The van der Waals surface area contributed by atoms with Gasteiger partial charge in [0.1, 0.15) is 17.5 Å². The monoisotopic (exact) mass is 134 g/mol. The van der Waals surface area contributed by atoms with Gasteiger partial charge in [0.15, 0.2) is 0 Å². The maximum atomic E-state index is 8.55. The quantitative estimate of drug-likeness (QED) is 0.550. The minimum absolute atomic E-state index is 0.637. The molecule has 4 heteroatoms. The molecule has 0 aromatic carbocycles. The molecule has 0 aliphatic carbocycles. The van der Waals surface area contributed by atoms with Gasteiger partial charge in [-0.2, -0.15) is 10.4 Å². The van der Waals surface area contributed by atoms with Crippen molar-refractivity contribution in [1.82, 2.24) is 9.78 Å². The van der Waals surface area contributed by atoms with Crippen LogP contribution < -0.4 is 5.32 Å². The molecule has 0 saturated heterocycles. The molecule has 0 saturated carbocycles. The van der Waals surface area contributed by atoms with Gasteiger partial charge >= 0.3 is 0 Å². The number of nitrogens with zero attached hydrogens (tertiary/aromatic N) is 3. The predicted molar refractivity (Wildman–Crippen MR) is 35.4 cm³/mol. The molecule has 0 bridgehead atoms. The van der Waals surface area contributed by atoms with Gasteiger partial charge in [-0.25, -0.2) is 4.68 Å². The minimum Gasteiger partial charge on any atom is -0.367 e. The van der Waals surface area contributed by atoms with Crippen molar-refractivity contribution in [1.29, 1.82) is 5.26 Å². The molecule has 0 radical (unpaired) electrons. The Morgan fingerprint density at radius 3 is 3.50 bits per heavy atom. The third-order valence-corrected chi connectivity index (χ3v) is 1.58. The maximum absolute atomic E-state index is 8.55. The second-order valence-corrected chi connectivity index (χ2v) is 2.17. The number of fused-ring (bicyclic) bond motifs is 1. The van der Waals surface area contributed by atoms with Gasteiger partial charge in [0.25, 0.3) is 0 Å². The lowest BCUT2D eigenvalue weighted by atomic mass is 10.4. The first-order valence-corrected chi connectivity index (χ1v) is 3.11. The van der Waals surface area contributed by atoms with Gasteiger partial charge in [-0.1, -0.05) is 0 Å². The molecule has 50 valence electrons. The van der Waals surface area contributed by atoms with E-state index >= 15 is 0 Å². The summed E-state index contributed by atoms with van der Waals surface area (Å²) in [7, 11) is 0. The highest BCUT2D eigenvalue weighted by Gasteiger charge is 2.14. The predicted octanol–water partition coefficient (Wildman–Crippen LogP) is 0.180. The molecule has 1 aromatic heterocycles. The number of rotatable bonds is 0. The zero-order valence-electron chi connectivity index (χ0n) is 5.33.